The second kappa shape index (κ2) is 9.94. The Kier molecular flexibility index (Phi) is 6.84. The van der Waals surface area contributed by atoms with E-state index in [0.29, 0.717) is 23.5 Å². The van der Waals surface area contributed by atoms with Crippen molar-refractivity contribution < 1.29 is 9.21 Å². The van der Waals surface area contributed by atoms with Gasteiger partial charge in [0.2, 0.25) is 11.8 Å². The molecule has 1 aliphatic heterocycles. The number of carbonyl (C=O) groups excluding carboxylic acids is 1. The predicted octanol–water partition coefficient (Wildman–Crippen LogP) is 4.62. The zero-order valence-electron chi connectivity index (χ0n) is 17.2. The van der Waals surface area contributed by atoms with Crippen LogP contribution in [0, 0.1) is 5.92 Å². The Hall–Kier alpha value is -2.60. The summed E-state index contributed by atoms with van der Waals surface area (Å²) in [6.07, 6.45) is 3.81. The molecule has 156 valence electrons. The van der Waals surface area contributed by atoms with Gasteiger partial charge in [-0.3, -0.25) is 4.79 Å². The third-order valence-electron chi connectivity index (χ3n) is 5.57. The number of benzene rings is 2. The van der Waals surface area contributed by atoms with Crippen LogP contribution in [0.1, 0.15) is 36.8 Å². The molecule has 30 heavy (non-hydrogen) atoms. The van der Waals surface area contributed by atoms with Gasteiger partial charge in [0.05, 0.1) is 11.7 Å². The minimum absolute atomic E-state index is 0.154. The van der Waals surface area contributed by atoms with Crippen molar-refractivity contribution >= 4 is 17.7 Å². The minimum atomic E-state index is -0.235. The average Bonchev–Trinajstić information content (AvgIpc) is 3.22. The molecule has 5 nitrogen and oxygen atoms in total. The van der Waals surface area contributed by atoms with Crippen molar-refractivity contribution in [3.05, 3.63) is 77.7 Å². The second-order valence-electron chi connectivity index (χ2n) is 7.84. The van der Waals surface area contributed by atoms with Crippen molar-refractivity contribution in [1.29, 1.82) is 0 Å². The number of carbonyl (C=O) groups is 1. The number of likely N-dealkylation sites (tertiary alicyclic amines) is 1. The van der Waals surface area contributed by atoms with E-state index in [0.717, 1.165) is 37.9 Å². The van der Waals surface area contributed by atoms with Gasteiger partial charge in [-0.15, -0.1) is 10.2 Å². The smallest absolute Gasteiger partial charge is 0.277 e. The highest BCUT2D eigenvalue weighted by Crippen LogP contribution is 2.27. The van der Waals surface area contributed by atoms with Crippen molar-refractivity contribution in [2.45, 2.75) is 43.1 Å². The maximum atomic E-state index is 12.9. The van der Waals surface area contributed by atoms with E-state index in [1.54, 1.807) is 0 Å². The van der Waals surface area contributed by atoms with E-state index in [9.17, 15) is 4.79 Å². The fraction of sp³-hybridized carbons (Fsp3) is 0.375. The lowest BCUT2D eigenvalue weighted by atomic mass is 9.90. The molecule has 2 heterocycles. The molecule has 0 radical (unpaired) electrons. The lowest BCUT2D eigenvalue weighted by Crippen LogP contribution is -2.42. The van der Waals surface area contributed by atoms with Gasteiger partial charge >= 0.3 is 0 Å². The van der Waals surface area contributed by atoms with E-state index in [2.05, 4.69) is 40.5 Å². The summed E-state index contributed by atoms with van der Waals surface area (Å²) < 4.78 is 5.75. The highest BCUT2D eigenvalue weighted by atomic mass is 32.2. The maximum absolute atomic E-state index is 12.9. The summed E-state index contributed by atoms with van der Waals surface area (Å²) in [7, 11) is 0. The lowest BCUT2D eigenvalue weighted by Gasteiger charge is -2.33. The molecule has 3 aromatic rings. The Labute approximate surface area is 181 Å². The zero-order valence-corrected chi connectivity index (χ0v) is 18.1. The van der Waals surface area contributed by atoms with Gasteiger partial charge < -0.3 is 9.32 Å². The highest BCUT2D eigenvalue weighted by molar-refractivity contribution is 8.00. The number of amides is 1. The second-order valence-corrected chi connectivity index (χ2v) is 9.13. The quantitative estimate of drug-likeness (QED) is 0.521. The molecule has 1 amide bonds. The molecule has 0 N–H and O–H groups in total. The molecule has 0 aliphatic carbocycles. The number of nitrogens with zero attached hydrogens (tertiary/aromatic N) is 3. The summed E-state index contributed by atoms with van der Waals surface area (Å²) in [6, 6.07) is 20.6. The fourth-order valence-corrected chi connectivity index (χ4v) is 4.68. The first kappa shape index (κ1) is 20.7. The number of aromatic nitrogens is 2. The van der Waals surface area contributed by atoms with E-state index in [4.69, 9.17) is 4.42 Å². The van der Waals surface area contributed by atoms with Crippen molar-refractivity contribution in [2.24, 2.45) is 5.92 Å². The van der Waals surface area contributed by atoms with Crippen LogP contribution in [0.25, 0.3) is 0 Å². The van der Waals surface area contributed by atoms with Crippen molar-refractivity contribution in [1.82, 2.24) is 15.1 Å². The van der Waals surface area contributed by atoms with Crippen LogP contribution in [0.4, 0.5) is 0 Å². The van der Waals surface area contributed by atoms with Crippen LogP contribution in [0.5, 0.6) is 0 Å². The van der Waals surface area contributed by atoms with E-state index in [1.165, 1.54) is 17.3 Å². The first-order chi connectivity index (χ1) is 14.7. The summed E-state index contributed by atoms with van der Waals surface area (Å²) in [5.41, 5.74) is 2.51. The van der Waals surface area contributed by atoms with E-state index < -0.39 is 0 Å². The Morgan fingerprint density at radius 1 is 1.03 bits per heavy atom. The standard InChI is InChI=1S/C24H27N3O2S/c1-18(30-24-26-25-22(29-24)17-20-10-6-3-7-11-20)23(28)27-14-12-21(13-15-27)16-19-8-4-2-5-9-19/h2-11,18,21H,12-17H2,1H3/t18-/m1/s1. The molecule has 1 aliphatic rings. The molecular weight excluding hydrogens is 394 g/mol. The third kappa shape index (κ3) is 5.51. The molecule has 1 fully saturated rings. The summed E-state index contributed by atoms with van der Waals surface area (Å²) >= 11 is 1.35. The van der Waals surface area contributed by atoms with Gasteiger partial charge in [-0.05, 0) is 43.2 Å². The van der Waals surface area contributed by atoms with Gasteiger partial charge in [-0.25, -0.2) is 0 Å². The largest absolute Gasteiger partial charge is 0.416 e. The van der Waals surface area contributed by atoms with Crippen LogP contribution in [-0.2, 0) is 17.6 Å². The fourth-order valence-electron chi connectivity index (χ4n) is 3.89. The molecule has 2 aromatic carbocycles. The highest BCUT2D eigenvalue weighted by Gasteiger charge is 2.27. The summed E-state index contributed by atoms with van der Waals surface area (Å²) in [5, 5.41) is 8.46. The van der Waals surface area contributed by atoms with Crippen molar-refractivity contribution in [2.75, 3.05) is 13.1 Å². The first-order valence-corrected chi connectivity index (χ1v) is 11.4. The maximum Gasteiger partial charge on any atom is 0.277 e. The van der Waals surface area contributed by atoms with Gasteiger partial charge in [0.1, 0.15) is 0 Å². The Morgan fingerprint density at radius 3 is 2.33 bits per heavy atom. The van der Waals surface area contributed by atoms with Gasteiger partial charge in [-0.2, -0.15) is 0 Å². The molecular formula is C24H27N3O2S. The predicted molar refractivity (Wildman–Crippen MR) is 118 cm³/mol. The van der Waals surface area contributed by atoms with Crippen LogP contribution >= 0.6 is 11.8 Å². The molecule has 0 bridgehead atoms. The van der Waals surface area contributed by atoms with Crippen LogP contribution in [0.15, 0.2) is 70.3 Å². The van der Waals surface area contributed by atoms with E-state index in [1.807, 2.05) is 42.2 Å². The molecule has 1 atom stereocenters. The molecule has 0 unspecified atom stereocenters. The van der Waals surface area contributed by atoms with Gasteiger partial charge in [0.25, 0.3) is 5.22 Å². The van der Waals surface area contributed by atoms with Crippen LogP contribution < -0.4 is 0 Å². The van der Waals surface area contributed by atoms with Crippen molar-refractivity contribution in [3.8, 4) is 0 Å². The Bertz CT molecular complexity index is 937. The van der Waals surface area contributed by atoms with Crippen LogP contribution in [-0.4, -0.2) is 39.3 Å². The number of hydrogen-bond donors (Lipinski definition) is 0. The molecule has 0 saturated carbocycles. The SMILES string of the molecule is C[C@@H](Sc1nnc(Cc2ccccc2)o1)C(=O)N1CCC(Cc2ccccc2)CC1. The lowest BCUT2D eigenvalue weighted by molar-refractivity contribution is -0.131. The number of thioether (sulfide) groups is 1. The Balaban J connectivity index is 1.25. The number of piperidine rings is 1. The first-order valence-electron chi connectivity index (χ1n) is 10.5. The molecule has 0 spiro atoms. The Morgan fingerprint density at radius 2 is 1.67 bits per heavy atom. The van der Waals surface area contributed by atoms with E-state index >= 15 is 0 Å². The molecule has 6 heteroatoms. The number of rotatable bonds is 7. The molecule has 1 saturated heterocycles. The summed E-state index contributed by atoms with van der Waals surface area (Å²) in [6.45, 7) is 3.57. The van der Waals surface area contributed by atoms with Crippen molar-refractivity contribution in [3.63, 3.8) is 0 Å². The van der Waals surface area contributed by atoms with E-state index in [-0.39, 0.29) is 11.2 Å². The normalized spacial score (nSPS) is 15.8. The monoisotopic (exact) mass is 421 g/mol. The summed E-state index contributed by atoms with van der Waals surface area (Å²) in [5.74, 6) is 1.38. The van der Waals surface area contributed by atoms with Gasteiger partial charge in [0, 0.05) is 13.1 Å². The third-order valence-corrected chi connectivity index (χ3v) is 6.49. The average molecular weight is 422 g/mol. The van der Waals surface area contributed by atoms with Crippen LogP contribution in [0.3, 0.4) is 0 Å². The molecule has 4 rings (SSSR count). The summed E-state index contributed by atoms with van der Waals surface area (Å²) in [4.78, 5) is 14.9. The number of hydrogen-bond acceptors (Lipinski definition) is 5. The zero-order chi connectivity index (χ0) is 20.8. The molecule has 1 aromatic heterocycles. The minimum Gasteiger partial charge on any atom is -0.416 e. The van der Waals surface area contributed by atoms with Crippen LogP contribution in [0.2, 0.25) is 0 Å². The topological polar surface area (TPSA) is 59.2 Å². The van der Waals surface area contributed by atoms with Gasteiger partial charge in [0.15, 0.2) is 0 Å². The van der Waals surface area contributed by atoms with Gasteiger partial charge in [-0.1, -0.05) is 72.4 Å².